The van der Waals surface area contributed by atoms with E-state index in [1.165, 1.54) is 6.92 Å². The highest BCUT2D eigenvalue weighted by Gasteiger charge is 2.31. The van der Waals surface area contributed by atoms with Gasteiger partial charge in [0.1, 0.15) is 0 Å². The van der Waals surface area contributed by atoms with Gasteiger partial charge in [0, 0.05) is 5.57 Å². The molecule has 0 aromatic rings. The van der Waals surface area contributed by atoms with Crippen LogP contribution in [-0.4, -0.2) is 5.92 Å². The summed E-state index contributed by atoms with van der Waals surface area (Å²) in [4.78, 5) is 0. The lowest BCUT2D eigenvalue weighted by Gasteiger charge is -2.15. The second-order valence-electron chi connectivity index (χ2n) is 2.08. The van der Waals surface area contributed by atoms with Crippen molar-refractivity contribution >= 4 is 0 Å². The van der Waals surface area contributed by atoms with E-state index < -0.39 is 5.92 Å². The van der Waals surface area contributed by atoms with E-state index >= 15 is 0 Å². The van der Waals surface area contributed by atoms with Crippen LogP contribution in [0.15, 0.2) is 37.0 Å². The van der Waals surface area contributed by atoms with Gasteiger partial charge in [-0.15, -0.1) is 0 Å². The Labute approximate surface area is 59.6 Å². The summed E-state index contributed by atoms with van der Waals surface area (Å²) in [6.07, 6.45) is 1.04. The van der Waals surface area contributed by atoms with Gasteiger partial charge in [0.2, 0.25) is 0 Å². The minimum Gasteiger partial charge on any atom is -0.196 e. The van der Waals surface area contributed by atoms with Gasteiger partial charge in [-0.05, 0) is 12.5 Å². The van der Waals surface area contributed by atoms with Crippen LogP contribution >= 0.6 is 0 Å². The van der Waals surface area contributed by atoms with E-state index in [-0.39, 0.29) is 11.1 Å². The van der Waals surface area contributed by atoms with Crippen LogP contribution in [0.2, 0.25) is 0 Å². The van der Waals surface area contributed by atoms with Gasteiger partial charge < -0.3 is 0 Å². The predicted molar refractivity (Wildman–Crippen MR) is 39.1 cm³/mol. The van der Waals surface area contributed by atoms with Crippen LogP contribution in [0.1, 0.15) is 6.92 Å². The Bertz CT molecular complexity index is 178. The Morgan fingerprint density at radius 2 is 1.80 bits per heavy atom. The van der Waals surface area contributed by atoms with E-state index in [1.54, 1.807) is 0 Å². The summed E-state index contributed by atoms with van der Waals surface area (Å²) in [6.45, 7) is 10.7. The minimum absolute atomic E-state index is 0.211. The molecule has 0 aliphatic carbocycles. The molecule has 0 atom stereocenters. The van der Waals surface area contributed by atoms with Gasteiger partial charge in [0.05, 0.1) is 0 Å². The average molecular weight is 144 g/mol. The van der Waals surface area contributed by atoms with Crippen molar-refractivity contribution in [1.82, 2.24) is 0 Å². The lowest BCUT2D eigenvalue weighted by Crippen LogP contribution is -2.18. The van der Waals surface area contributed by atoms with Gasteiger partial charge >= 0.3 is 0 Å². The minimum atomic E-state index is -3.00. The van der Waals surface area contributed by atoms with Crippen molar-refractivity contribution in [2.75, 3.05) is 0 Å². The molecule has 0 spiro atoms. The third-order valence-corrected chi connectivity index (χ3v) is 1.19. The molecule has 0 saturated heterocycles. The second kappa shape index (κ2) is 2.78. The van der Waals surface area contributed by atoms with Crippen molar-refractivity contribution in [2.24, 2.45) is 0 Å². The monoisotopic (exact) mass is 144 g/mol. The van der Waals surface area contributed by atoms with Gasteiger partial charge in [0.25, 0.3) is 5.92 Å². The maximum Gasteiger partial charge on any atom is 0.293 e. The summed E-state index contributed by atoms with van der Waals surface area (Å²) in [7, 11) is 0. The van der Waals surface area contributed by atoms with E-state index in [4.69, 9.17) is 0 Å². The van der Waals surface area contributed by atoms with E-state index in [0.29, 0.717) is 0 Å². The Balaban J connectivity index is 4.55. The highest BCUT2D eigenvalue weighted by Crippen LogP contribution is 2.29. The molecule has 0 aliphatic heterocycles. The maximum atomic E-state index is 12.7. The van der Waals surface area contributed by atoms with Crippen molar-refractivity contribution in [1.29, 1.82) is 0 Å². The van der Waals surface area contributed by atoms with Crippen LogP contribution in [-0.2, 0) is 0 Å². The molecular formula is C8H10F2. The highest BCUT2D eigenvalue weighted by molar-refractivity contribution is 5.30. The van der Waals surface area contributed by atoms with Gasteiger partial charge in [-0.3, -0.25) is 0 Å². The maximum absolute atomic E-state index is 12.7. The van der Waals surface area contributed by atoms with Gasteiger partial charge in [-0.2, -0.15) is 8.78 Å². The highest BCUT2D eigenvalue weighted by atomic mass is 19.3. The smallest absolute Gasteiger partial charge is 0.196 e. The van der Waals surface area contributed by atoms with Crippen LogP contribution in [0.4, 0.5) is 8.78 Å². The van der Waals surface area contributed by atoms with Crippen molar-refractivity contribution in [3.05, 3.63) is 37.0 Å². The first-order valence-corrected chi connectivity index (χ1v) is 2.78. The number of alkyl halides is 2. The molecule has 0 fully saturated rings. The van der Waals surface area contributed by atoms with Crippen molar-refractivity contribution < 1.29 is 8.78 Å². The Morgan fingerprint density at radius 3 is 1.90 bits per heavy atom. The fraction of sp³-hybridized carbons (Fsp3) is 0.250. The molecule has 0 saturated carbocycles. The Kier molecular flexibility index (Phi) is 2.52. The van der Waals surface area contributed by atoms with Crippen molar-refractivity contribution in [3.8, 4) is 0 Å². The second-order valence-corrected chi connectivity index (χ2v) is 2.08. The summed E-state index contributed by atoms with van der Waals surface area (Å²) in [5, 5.41) is 0. The van der Waals surface area contributed by atoms with E-state index in [0.717, 1.165) is 6.08 Å². The quantitative estimate of drug-likeness (QED) is 0.422. The number of halogens is 2. The molecule has 0 aromatic carbocycles. The largest absolute Gasteiger partial charge is 0.293 e. The lowest BCUT2D eigenvalue weighted by molar-refractivity contribution is 0.0883. The third-order valence-electron chi connectivity index (χ3n) is 1.19. The summed E-state index contributed by atoms with van der Waals surface area (Å²) in [5.41, 5.74) is -0.516. The van der Waals surface area contributed by atoms with E-state index in [2.05, 4.69) is 19.7 Å². The van der Waals surface area contributed by atoms with Gasteiger partial charge in [0.15, 0.2) is 0 Å². The van der Waals surface area contributed by atoms with Gasteiger partial charge in [-0.25, -0.2) is 0 Å². The molecule has 0 radical (unpaired) electrons. The molecule has 0 aliphatic rings. The molecule has 0 aromatic heterocycles. The number of allylic oxidation sites excluding steroid dienone is 3. The van der Waals surface area contributed by atoms with Gasteiger partial charge in [-0.1, -0.05) is 25.8 Å². The zero-order chi connectivity index (χ0) is 8.36. The molecular weight excluding hydrogens is 134 g/mol. The van der Waals surface area contributed by atoms with Crippen LogP contribution in [0.5, 0.6) is 0 Å². The SMILES string of the molecule is C=CC(=C)C(F)(F)C(=C)C. The fourth-order valence-corrected chi connectivity index (χ4v) is 0.402. The first-order chi connectivity index (χ1) is 4.42. The number of rotatable bonds is 3. The van der Waals surface area contributed by atoms with Crippen LogP contribution < -0.4 is 0 Å². The molecule has 0 nitrogen and oxygen atoms in total. The normalized spacial score (nSPS) is 10.7. The molecule has 2 heteroatoms. The zero-order valence-corrected chi connectivity index (χ0v) is 5.95. The standard InChI is InChI=1S/C8H10F2/c1-5-7(4)8(9,10)6(2)3/h5H,1-2,4H2,3H3. The molecule has 0 unspecified atom stereocenters. The van der Waals surface area contributed by atoms with Crippen LogP contribution in [0, 0.1) is 0 Å². The van der Waals surface area contributed by atoms with Crippen LogP contribution in [0.25, 0.3) is 0 Å². The summed E-state index contributed by atoms with van der Waals surface area (Å²) >= 11 is 0. The van der Waals surface area contributed by atoms with Crippen molar-refractivity contribution in [3.63, 3.8) is 0 Å². The fourth-order valence-electron chi connectivity index (χ4n) is 0.402. The molecule has 10 heavy (non-hydrogen) atoms. The molecule has 0 amide bonds. The topological polar surface area (TPSA) is 0 Å². The Hall–Kier alpha value is -0.920. The summed E-state index contributed by atoms with van der Waals surface area (Å²) in [5.74, 6) is -3.00. The molecule has 0 heterocycles. The number of hydrogen-bond acceptors (Lipinski definition) is 0. The third kappa shape index (κ3) is 1.53. The molecule has 0 bridgehead atoms. The first kappa shape index (κ1) is 9.08. The summed E-state index contributed by atoms with van der Waals surface area (Å²) < 4.78 is 25.3. The van der Waals surface area contributed by atoms with Crippen LogP contribution in [0.3, 0.4) is 0 Å². The Morgan fingerprint density at radius 1 is 1.40 bits per heavy atom. The molecule has 56 valence electrons. The molecule has 0 rings (SSSR count). The zero-order valence-electron chi connectivity index (χ0n) is 5.95. The van der Waals surface area contributed by atoms with E-state index in [1.807, 2.05) is 0 Å². The first-order valence-electron chi connectivity index (χ1n) is 2.78. The predicted octanol–water partition coefficient (Wildman–Crippen LogP) is 2.94. The molecule has 0 N–H and O–H groups in total. The number of hydrogen-bond donors (Lipinski definition) is 0. The lowest BCUT2D eigenvalue weighted by atomic mass is 10.1. The summed E-state index contributed by atoms with van der Waals surface area (Å²) in [6, 6.07) is 0. The van der Waals surface area contributed by atoms with Crippen molar-refractivity contribution in [2.45, 2.75) is 12.8 Å². The van der Waals surface area contributed by atoms with E-state index in [9.17, 15) is 8.78 Å². The average Bonchev–Trinajstić information content (AvgIpc) is 1.86.